The van der Waals surface area contributed by atoms with Gasteiger partial charge >= 0.3 is 6.03 Å². The highest BCUT2D eigenvalue weighted by Gasteiger charge is 2.30. The van der Waals surface area contributed by atoms with Crippen molar-refractivity contribution in [1.82, 2.24) is 4.90 Å². The van der Waals surface area contributed by atoms with E-state index >= 15 is 0 Å². The van der Waals surface area contributed by atoms with E-state index < -0.39 is 0 Å². The fourth-order valence-corrected chi connectivity index (χ4v) is 3.14. The zero-order valence-electron chi connectivity index (χ0n) is 13.6. The van der Waals surface area contributed by atoms with Gasteiger partial charge in [0.1, 0.15) is 6.54 Å². The van der Waals surface area contributed by atoms with Gasteiger partial charge in [-0.25, -0.2) is 4.79 Å². The van der Waals surface area contributed by atoms with Crippen LogP contribution in [0.5, 0.6) is 0 Å². The average molecular weight is 423 g/mol. The molecule has 0 aromatic heterocycles. The molecule has 2 aromatic carbocycles. The molecule has 2 aromatic rings. The summed E-state index contributed by atoms with van der Waals surface area (Å²) in [5, 5.41) is 3.40. The number of urea groups is 1. The van der Waals surface area contributed by atoms with Crippen LogP contribution in [-0.4, -0.2) is 36.5 Å². The van der Waals surface area contributed by atoms with Gasteiger partial charge in [0, 0.05) is 34.0 Å². The molecule has 0 saturated carbocycles. The van der Waals surface area contributed by atoms with Crippen molar-refractivity contribution in [3.8, 4) is 0 Å². The molecular weight excluding hydrogens is 406 g/mol. The van der Waals surface area contributed by atoms with Crippen LogP contribution in [0.25, 0.3) is 0 Å². The van der Waals surface area contributed by atoms with E-state index in [1.54, 1.807) is 23.1 Å². The lowest BCUT2D eigenvalue weighted by Gasteiger charge is -2.18. The Morgan fingerprint density at radius 1 is 1.24 bits per heavy atom. The van der Waals surface area contributed by atoms with Crippen molar-refractivity contribution in [1.29, 1.82) is 0 Å². The molecule has 7 heteroatoms. The van der Waals surface area contributed by atoms with E-state index in [0.717, 1.165) is 15.7 Å². The Bertz CT molecular complexity index is 828. The number of hydrogen-bond acceptors (Lipinski definition) is 2. The summed E-state index contributed by atoms with van der Waals surface area (Å²) in [6.07, 6.45) is 0. The van der Waals surface area contributed by atoms with Crippen LogP contribution in [0.1, 0.15) is 5.56 Å². The number of aryl methyl sites for hydroxylation is 1. The van der Waals surface area contributed by atoms with E-state index in [9.17, 15) is 9.59 Å². The van der Waals surface area contributed by atoms with Gasteiger partial charge in [-0.05, 0) is 48.9 Å². The molecule has 1 aliphatic heterocycles. The third kappa shape index (κ3) is 4.14. The van der Waals surface area contributed by atoms with Crippen molar-refractivity contribution in [2.45, 2.75) is 6.92 Å². The highest BCUT2D eigenvalue weighted by Crippen LogP contribution is 2.24. The van der Waals surface area contributed by atoms with Crippen LogP contribution in [0.3, 0.4) is 0 Å². The van der Waals surface area contributed by atoms with E-state index in [0.29, 0.717) is 23.8 Å². The summed E-state index contributed by atoms with van der Waals surface area (Å²) in [4.78, 5) is 27.9. The maximum atomic E-state index is 12.5. The van der Waals surface area contributed by atoms with Crippen LogP contribution in [0.15, 0.2) is 46.9 Å². The SMILES string of the molecule is Cc1cc(NC(=O)CN2CCN(c3cccc(Cl)c3)C2=O)ccc1Br. The molecular formula is C18H17BrClN3O2. The fraction of sp³-hybridized carbons (Fsp3) is 0.222. The first-order valence-electron chi connectivity index (χ1n) is 7.82. The Balaban J connectivity index is 1.62. The number of carbonyl (C=O) groups excluding carboxylic acids is 2. The van der Waals surface area contributed by atoms with Crippen LogP contribution < -0.4 is 10.2 Å². The van der Waals surface area contributed by atoms with Crippen molar-refractivity contribution in [2.75, 3.05) is 29.9 Å². The molecule has 0 atom stereocenters. The molecule has 1 aliphatic rings. The van der Waals surface area contributed by atoms with Crippen molar-refractivity contribution < 1.29 is 9.59 Å². The Kier molecular flexibility index (Phi) is 5.30. The molecule has 0 bridgehead atoms. The number of amides is 3. The summed E-state index contributed by atoms with van der Waals surface area (Å²) in [5.74, 6) is -0.219. The Morgan fingerprint density at radius 3 is 2.76 bits per heavy atom. The number of benzene rings is 2. The zero-order valence-corrected chi connectivity index (χ0v) is 16.0. The van der Waals surface area contributed by atoms with Gasteiger partial charge in [-0.3, -0.25) is 9.69 Å². The summed E-state index contributed by atoms with van der Waals surface area (Å²) >= 11 is 9.41. The topological polar surface area (TPSA) is 52.7 Å². The summed E-state index contributed by atoms with van der Waals surface area (Å²) in [7, 11) is 0. The molecule has 0 spiro atoms. The minimum Gasteiger partial charge on any atom is -0.325 e. The van der Waals surface area contributed by atoms with Gasteiger partial charge in [0.05, 0.1) is 0 Å². The third-order valence-electron chi connectivity index (χ3n) is 3.99. The number of halogens is 2. The summed E-state index contributed by atoms with van der Waals surface area (Å²) in [6, 6.07) is 12.5. The Labute approximate surface area is 159 Å². The maximum absolute atomic E-state index is 12.5. The molecule has 1 saturated heterocycles. The van der Waals surface area contributed by atoms with E-state index in [-0.39, 0.29) is 18.5 Å². The average Bonchev–Trinajstić information content (AvgIpc) is 2.92. The third-order valence-corrected chi connectivity index (χ3v) is 5.12. The molecule has 3 rings (SSSR count). The van der Waals surface area contributed by atoms with Crippen LogP contribution in [0, 0.1) is 6.92 Å². The lowest BCUT2D eigenvalue weighted by molar-refractivity contribution is -0.116. The van der Waals surface area contributed by atoms with Gasteiger partial charge in [-0.1, -0.05) is 33.6 Å². The first-order valence-corrected chi connectivity index (χ1v) is 8.99. The van der Waals surface area contributed by atoms with Crippen LogP contribution in [0.4, 0.5) is 16.2 Å². The van der Waals surface area contributed by atoms with Crippen LogP contribution >= 0.6 is 27.5 Å². The summed E-state index contributed by atoms with van der Waals surface area (Å²) in [6.45, 7) is 3.00. The Morgan fingerprint density at radius 2 is 2.04 bits per heavy atom. The van der Waals surface area contributed by atoms with E-state index in [4.69, 9.17) is 11.6 Å². The van der Waals surface area contributed by atoms with Gasteiger partial charge in [0.15, 0.2) is 0 Å². The normalized spacial score (nSPS) is 14.1. The summed E-state index contributed by atoms with van der Waals surface area (Å²) in [5.41, 5.74) is 2.48. The van der Waals surface area contributed by atoms with Gasteiger partial charge in [-0.2, -0.15) is 0 Å². The van der Waals surface area contributed by atoms with Crippen molar-refractivity contribution in [2.24, 2.45) is 0 Å². The smallest absolute Gasteiger partial charge is 0.325 e. The molecule has 25 heavy (non-hydrogen) atoms. The van der Waals surface area contributed by atoms with Gasteiger partial charge in [0.25, 0.3) is 0 Å². The van der Waals surface area contributed by atoms with Crippen molar-refractivity contribution >= 4 is 50.8 Å². The second kappa shape index (κ2) is 7.45. The number of carbonyl (C=O) groups is 2. The second-order valence-electron chi connectivity index (χ2n) is 5.85. The monoisotopic (exact) mass is 421 g/mol. The highest BCUT2D eigenvalue weighted by molar-refractivity contribution is 9.10. The maximum Gasteiger partial charge on any atom is 0.325 e. The standard InChI is InChI=1S/C18H17BrClN3O2/c1-12-9-14(5-6-16(12)19)21-17(24)11-22-7-8-23(18(22)25)15-4-2-3-13(20)10-15/h2-6,9-10H,7-8,11H2,1H3,(H,21,24). The zero-order chi connectivity index (χ0) is 18.0. The van der Waals surface area contributed by atoms with E-state index in [1.807, 2.05) is 31.2 Å². The molecule has 3 amide bonds. The first-order chi connectivity index (χ1) is 11.9. The first kappa shape index (κ1) is 17.8. The van der Waals surface area contributed by atoms with Crippen LogP contribution in [0.2, 0.25) is 5.02 Å². The van der Waals surface area contributed by atoms with Gasteiger partial charge in [-0.15, -0.1) is 0 Å². The second-order valence-corrected chi connectivity index (χ2v) is 7.14. The minimum atomic E-state index is -0.219. The molecule has 0 radical (unpaired) electrons. The lowest BCUT2D eigenvalue weighted by Crippen LogP contribution is -2.37. The molecule has 130 valence electrons. The number of nitrogens with one attached hydrogen (secondary N) is 1. The van der Waals surface area contributed by atoms with E-state index in [2.05, 4.69) is 21.2 Å². The molecule has 1 N–H and O–H groups in total. The molecule has 5 nitrogen and oxygen atoms in total. The number of rotatable bonds is 4. The number of nitrogens with zero attached hydrogens (tertiary/aromatic N) is 2. The quantitative estimate of drug-likeness (QED) is 0.799. The molecule has 0 unspecified atom stereocenters. The number of hydrogen-bond donors (Lipinski definition) is 1. The molecule has 0 aliphatic carbocycles. The van der Waals surface area contributed by atoms with Crippen molar-refractivity contribution in [3.63, 3.8) is 0 Å². The number of anilines is 2. The predicted molar refractivity (Wildman–Crippen MR) is 103 cm³/mol. The minimum absolute atomic E-state index is 0.0189. The molecule has 1 fully saturated rings. The molecule has 1 heterocycles. The lowest BCUT2D eigenvalue weighted by atomic mass is 10.2. The largest absolute Gasteiger partial charge is 0.325 e. The van der Waals surface area contributed by atoms with E-state index in [1.165, 1.54) is 4.90 Å². The highest BCUT2D eigenvalue weighted by atomic mass is 79.9. The predicted octanol–water partition coefficient (Wildman–Crippen LogP) is 4.29. The Hall–Kier alpha value is -2.05. The van der Waals surface area contributed by atoms with Gasteiger partial charge in [0.2, 0.25) is 5.91 Å². The summed E-state index contributed by atoms with van der Waals surface area (Å²) < 4.78 is 0.984. The van der Waals surface area contributed by atoms with Crippen molar-refractivity contribution in [3.05, 3.63) is 57.5 Å². The van der Waals surface area contributed by atoms with Gasteiger partial charge < -0.3 is 10.2 Å². The fourth-order valence-electron chi connectivity index (χ4n) is 2.71. The van der Waals surface area contributed by atoms with Crippen LogP contribution in [-0.2, 0) is 4.79 Å².